The van der Waals surface area contributed by atoms with Crippen LogP contribution in [0.2, 0.25) is 0 Å². The van der Waals surface area contributed by atoms with Gasteiger partial charge in [-0.15, -0.1) is 10.2 Å². The number of nitrogens with zero attached hydrogens (tertiary/aromatic N) is 4. The second-order valence-electron chi connectivity index (χ2n) is 5.98. The fourth-order valence-corrected chi connectivity index (χ4v) is 3.75. The van der Waals surface area contributed by atoms with E-state index in [1.165, 1.54) is 11.8 Å². The number of carbonyl (C=O) groups is 1. The number of pyridine rings is 1. The van der Waals surface area contributed by atoms with Crippen molar-refractivity contribution >= 4 is 28.4 Å². The number of para-hydroxylation sites is 1. The van der Waals surface area contributed by atoms with Gasteiger partial charge in [-0.2, -0.15) is 0 Å². The van der Waals surface area contributed by atoms with E-state index in [9.17, 15) is 4.79 Å². The number of aromatic amines is 1. The Labute approximate surface area is 154 Å². The standard InChI is InChI=1S/C19H17N5OS/c1-12(17(25)15-11-21-16-8-4-3-7-14(15)16)26-19-23-22-18(24(19)2)13-6-5-9-20-10-13/h3-12,21H,1-2H3. The number of aromatic nitrogens is 5. The van der Waals surface area contributed by atoms with Gasteiger partial charge in [0.05, 0.1) is 5.25 Å². The molecule has 0 radical (unpaired) electrons. The number of fused-ring (bicyclic) bond motifs is 1. The van der Waals surface area contributed by atoms with Gasteiger partial charge in [-0.3, -0.25) is 9.78 Å². The van der Waals surface area contributed by atoms with E-state index in [2.05, 4.69) is 20.2 Å². The molecule has 0 saturated heterocycles. The lowest BCUT2D eigenvalue weighted by atomic mass is 10.1. The minimum absolute atomic E-state index is 0.0679. The number of rotatable bonds is 5. The van der Waals surface area contributed by atoms with E-state index >= 15 is 0 Å². The average Bonchev–Trinajstić information content (AvgIpc) is 3.26. The molecule has 26 heavy (non-hydrogen) atoms. The maximum Gasteiger partial charge on any atom is 0.191 e. The zero-order chi connectivity index (χ0) is 18.1. The highest BCUT2D eigenvalue weighted by Gasteiger charge is 2.22. The Morgan fingerprint density at radius 2 is 2.04 bits per heavy atom. The monoisotopic (exact) mass is 363 g/mol. The van der Waals surface area contributed by atoms with Crippen molar-refractivity contribution in [3.05, 3.63) is 60.6 Å². The lowest BCUT2D eigenvalue weighted by Gasteiger charge is -2.09. The molecule has 4 rings (SSSR count). The zero-order valence-electron chi connectivity index (χ0n) is 14.4. The van der Waals surface area contributed by atoms with E-state index in [0.29, 0.717) is 10.7 Å². The van der Waals surface area contributed by atoms with Crippen molar-refractivity contribution in [2.24, 2.45) is 7.05 Å². The number of H-pyrrole nitrogens is 1. The summed E-state index contributed by atoms with van der Waals surface area (Å²) in [6, 6.07) is 11.6. The summed E-state index contributed by atoms with van der Waals surface area (Å²) in [5.74, 6) is 0.797. The van der Waals surface area contributed by atoms with Gasteiger partial charge in [0.2, 0.25) is 0 Å². The molecule has 3 aromatic heterocycles. The summed E-state index contributed by atoms with van der Waals surface area (Å²) in [6.07, 6.45) is 5.25. The fraction of sp³-hybridized carbons (Fsp3) is 0.158. The molecule has 0 amide bonds. The van der Waals surface area contributed by atoms with Gasteiger partial charge in [0.15, 0.2) is 16.8 Å². The van der Waals surface area contributed by atoms with E-state index in [4.69, 9.17) is 0 Å². The predicted octanol–water partition coefficient (Wildman–Crippen LogP) is 3.72. The number of ketones is 1. The molecule has 1 atom stereocenters. The molecule has 6 nitrogen and oxygen atoms in total. The largest absolute Gasteiger partial charge is 0.360 e. The summed E-state index contributed by atoms with van der Waals surface area (Å²) < 4.78 is 1.89. The van der Waals surface area contributed by atoms with Gasteiger partial charge in [-0.25, -0.2) is 0 Å². The third-order valence-corrected chi connectivity index (χ3v) is 5.39. The van der Waals surface area contributed by atoms with Gasteiger partial charge < -0.3 is 9.55 Å². The quantitative estimate of drug-likeness (QED) is 0.432. The molecule has 0 bridgehead atoms. The van der Waals surface area contributed by atoms with Gasteiger partial charge in [-0.1, -0.05) is 30.0 Å². The van der Waals surface area contributed by atoms with E-state index in [-0.39, 0.29) is 11.0 Å². The Bertz CT molecular complexity index is 1070. The van der Waals surface area contributed by atoms with Gasteiger partial charge in [0, 0.05) is 47.7 Å². The third-order valence-electron chi connectivity index (χ3n) is 4.26. The van der Waals surface area contributed by atoms with Crippen LogP contribution in [0.1, 0.15) is 17.3 Å². The Kier molecular flexibility index (Phi) is 4.30. The minimum Gasteiger partial charge on any atom is -0.360 e. The van der Waals surface area contributed by atoms with Crippen LogP contribution < -0.4 is 0 Å². The predicted molar refractivity (Wildman–Crippen MR) is 102 cm³/mol. The number of hydrogen-bond acceptors (Lipinski definition) is 5. The molecule has 0 aliphatic carbocycles. The van der Waals surface area contributed by atoms with Crippen LogP contribution in [0.5, 0.6) is 0 Å². The summed E-state index contributed by atoms with van der Waals surface area (Å²) in [6.45, 7) is 1.90. The fourth-order valence-electron chi connectivity index (χ4n) is 2.87. The summed E-state index contributed by atoms with van der Waals surface area (Å²) >= 11 is 1.41. The molecular formula is C19H17N5OS. The number of thioether (sulfide) groups is 1. The number of carbonyl (C=O) groups excluding carboxylic acids is 1. The van der Waals surface area contributed by atoms with Crippen LogP contribution in [-0.4, -0.2) is 35.8 Å². The maximum absolute atomic E-state index is 12.9. The highest BCUT2D eigenvalue weighted by Crippen LogP contribution is 2.29. The lowest BCUT2D eigenvalue weighted by Crippen LogP contribution is -2.14. The average molecular weight is 363 g/mol. The van der Waals surface area contributed by atoms with Crippen molar-refractivity contribution in [1.29, 1.82) is 0 Å². The van der Waals surface area contributed by atoms with Gasteiger partial charge >= 0.3 is 0 Å². The summed E-state index contributed by atoms with van der Waals surface area (Å²) in [5, 5.41) is 9.86. The molecule has 0 spiro atoms. The third kappa shape index (κ3) is 2.90. The molecule has 0 aliphatic rings. The second-order valence-corrected chi connectivity index (χ2v) is 7.29. The molecule has 3 heterocycles. The highest BCUT2D eigenvalue weighted by molar-refractivity contribution is 8.00. The molecule has 1 N–H and O–H groups in total. The molecule has 4 aromatic rings. The van der Waals surface area contributed by atoms with Crippen molar-refractivity contribution in [1.82, 2.24) is 24.7 Å². The molecule has 0 aliphatic heterocycles. The van der Waals surface area contributed by atoms with Crippen LogP contribution in [0.3, 0.4) is 0 Å². The first-order chi connectivity index (χ1) is 12.6. The molecule has 0 saturated carbocycles. The van der Waals surface area contributed by atoms with Crippen molar-refractivity contribution < 1.29 is 4.79 Å². The van der Waals surface area contributed by atoms with Crippen LogP contribution in [0.25, 0.3) is 22.3 Å². The Morgan fingerprint density at radius 1 is 1.19 bits per heavy atom. The summed E-state index contributed by atoms with van der Waals surface area (Å²) in [5.41, 5.74) is 2.56. The van der Waals surface area contributed by atoms with E-state index < -0.39 is 0 Å². The van der Waals surface area contributed by atoms with Crippen LogP contribution in [0.4, 0.5) is 0 Å². The normalized spacial score (nSPS) is 12.4. The van der Waals surface area contributed by atoms with Gasteiger partial charge in [0.25, 0.3) is 0 Å². The number of nitrogens with one attached hydrogen (secondary N) is 1. The van der Waals surface area contributed by atoms with Gasteiger partial charge in [-0.05, 0) is 25.1 Å². The molecule has 0 fully saturated rings. The first-order valence-corrected chi connectivity index (χ1v) is 9.10. The minimum atomic E-state index is -0.279. The molecule has 7 heteroatoms. The lowest BCUT2D eigenvalue weighted by molar-refractivity contribution is 0.0995. The Balaban J connectivity index is 1.58. The smallest absolute Gasteiger partial charge is 0.191 e. The zero-order valence-corrected chi connectivity index (χ0v) is 15.2. The van der Waals surface area contributed by atoms with E-state index in [1.807, 2.05) is 54.9 Å². The molecule has 130 valence electrons. The second kappa shape index (κ2) is 6.76. The Morgan fingerprint density at radius 3 is 2.85 bits per heavy atom. The van der Waals surface area contributed by atoms with E-state index in [0.717, 1.165) is 22.3 Å². The van der Waals surface area contributed by atoms with Crippen molar-refractivity contribution in [2.75, 3.05) is 0 Å². The van der Waals surface area contributed by atoms with Gasteiger partial charge in [0.1, 0.15) is 0 Å². The molecule has 1 aromatic carbocycles. The number of Topliss-reactive ketones (excluding diaryl/α,β-unsaturated/α-hetero) is 1. The summed E-state index contributed by atoms with van der Waals surface area (Å²) in [7, 11) is 1.90. The molecular weight excluding hydrogens is 346 g/mol. The Hall–Kier alpha value is -2.93. The maximum atomic E-state index is 12.9. The molecule has 1 unspecified atom stereocenters. The summed E-state index contributed by atoms with van der Waals surface area (Å²) in [4.78, 5) is 20.2. The van der Waals surface area contributed by atoms with Crippen LogP contribution in [0, 0.1) is 0 Å². The van der Waals surface area contributed by atoms with Crippen molar-refractivity contribution in [3.8, 4) is 11.4 Å². The number of benzene rings is 1. The first kappa shape index (κ1) is 16.5. The van der Waals surface area contributed by atoms with Crippen molar-refractivity contribution in [3.63, 3.8) is 0 Å². The van der Waals surface area contributed by atoms with Crippen LogP contribution >= 0.6 is 11.8 Å². The van der Waals surface area contributed by atoms with Crippen molar-refractivity contribution in [2.45, 2.75) is 17.3 Å². The topological polar surface area (TPSA) is 76.5 Å². The highest BCUT2D eigenvalue weighted by atomic mass is 32.2. The first-order valence-electron chi connectivity index (χ1n) is 8.22. The van der Waals surface area contributed by atoms with Crippen LogP contribution in [0.15, 0.2) is 60.1 Å². The van der Waals surface area contributed by atoms with E-state index in [1.54, 1.807) is 18.6 Å². The number of hydrogen-bond donors (Lipinski definition) is 1. The SMILES string of the molecule is CC(Sc1nnc(-c2cccnc2)n1C)C(=O)c1c[nH]c2ccccc12. The van der Waals surface area contributed by atoms with Crippen LogP contribution in [-0.2, 0) is 7.05 Å².